The predicted octanol–water partition coefficient (Wildman–Crippen LogP) is 5.57. The molecule has 35 heavy (non-hydrogen) atoms. The fourth-order valence-electron chi connectivity index (χ4n) is 5.10. The van der Waals surface area contributed by atoms with E-state index in [1.54, 1.807) is 11.8 Å². The van der Waals surface area contributed by atoms with E-state index < -0.39 is 0 Å². The number of amides is 2. The van der Waals surface area contributed by atoms with E-state index in [-0.39, 0.29) is 11.8 Å². The van der Waals surface area contributed by atoms with E-state index in [4.69, 9.17) is 16.6 Å². The number of hydrogen-bond acceptors (Lipinski definition) is 3. The highest BCUT2D eigenvalue weighted by Gasteiger charge is 2.27. The maximum Gasteiger partial charge on any atom is 0.254 e. The Hall–Kier alpha value is -2.39. The number of likely N-dealkylation sites (tertiary alicyclic amines) is 1. The van der Waals surface area contributed by atoms with Crippen LogP contribution in [0.15, 0.2) is 36.4 Å². The minimum absolute atomic E-state index is 0.0422. The number of aryl methyl sites for hydroxylation is 1. The van der Waals surface area contributed by atoms with Crippen molar-refractivity contribution in [2.75, 3.05) is 19.6 Å². The van der Waals surface area contributed by atoms with Gasteiger partial charge in [-0.05, 0) is 83.7 Å². The Morgan fingerprint density at radius 1 is 1.09 bits per heavy atom. The average Bonchev–Trinajstić information content (AvgIpc) is 3.27. The first-order valence-electron chi connectivity index (χ1n) is 12.0. The summed E-state index contributed by atoms with van der Waals surface area (Å²) in [4.78, 5) is 37.2. The number of rotatable bonds is 3. The fraction of sp³-hybridized carbons (Fsp3) is 0.370. The lowest BCUT2D eigenvalue weighted by atomic mass is 9.89. The molecule has 1 saturated heterocycles. The zero-order valence-corrected chi connectivity index (χ0v) is 22.8. The minimum Gasteiger partial charge on any atom is -0.340 e. The number of aromatic amines is 1. The highest BCUT2D eigenvalue weighted by Crippen LogP contribution is 2.33. The van der Waals surface area contributed by atoms with Crippen molar-refractivity contribution in [1.29, 1.82) is 0 Å². The third-order valence-electron chi connectivity index (χ3n) is 7.20. The van der Waals surface area contributed by atoms with Crippen LogP contribution in [0.1, 0.15) is 58.6 Å². The Bertz CT molecular complexity index is 1280. The molecule has 3 heterocycles. The molecule has 1 N–H and O–H groups in total. The van der Waals surface area contributed by atoms with Crippen molar-refractivity contribution < 1.29 is 9.59 Å². The molecule has 6 nitrogen and oxygen atoms in total. The van der Waals surface area contributed by atoms with Gasteiger partial charge in [0.2, 0.25) is 5.91 Å². The van der Waals surface area contributed by atoms with Gasteiger partial charge < -0.3 is 14.8 Å². The number of carbonyl (C=O) groups excluding carboxylic acids is 2. The molecule has 0 saturated carbocycles. The Labute approximate surface area is 224 Å². The van der Waals surface area contributed by atoms with E-state index in [0.717, 1.165) is 48.4 Å². The Morgan fingerprint density at radius 3 is 2.49 bits per heavy atom. The largest absolute Gasteiger partial charge is 0.340 e. The molecular formula is C27H28ClIN4O2. The zero-order valence-electron chi connectivity index (χ0n) is 19.9. The third kappa shape index (κ3) is 4.98. The van der Waals surface area contributed by atoms with Gasteiger partial charge in [0.05, 0.1) is 23.0 Å². The molecule has 8 heteroatoms. The molecule has 1 fully saturated rings. The zero-order chi connectivity index (χ0) is 24.7. The van der Waals surface area contributed by atoms with E-state index in [0.29, 0.717) is 41.8 Å². The third-order valence-corrected chi connectivity index (χ3v) is 8.23. The van der Waals surface area contributed by atoms with Crippen molar-refractivity contribution in [1.82, 2.24) is 19.8 Å². The van der Waals surface area contributed by atoms with Crippen molar-refractivity contribution in [3.05, 3.63) is 73.1 Å². The quantitative estimate of drug-likeness (QED) is 0.399. The SMILES string of the molecule is CC(=O)N1CCc2nc(-c3cc(C(=O)N4CCC(c5ccc(I)cc5)CC4)c(C)cc3Cl)[nH]c2C1. The molecule has 0 spiro atoms. The number of aromatic nitrogens is 2. The second-order valence-corrected chi connectivity index (χ2v) is 11.1. The van der Waals surface area contributed by atoms with E-state index in [2.05, 4.69) is 51.8 Å². The molecule has 2 aliphatic rings. The van der Waals surface area contributed by atoms with Gasteiger partial charge in [-0.25, -0.2) is 4.98 Å². The van der Waals surface area contributed by atoms with Crippen LogP contribution in [0.5, 0.6) is 0 Å². The monoisotopic (exact) mass is 602 g/mol. The van der Waals surface area contributed by atoms with Crippen LogP contribution in [-0.4, -0.2) is 51.2 Å². The summed E-state index contributed by atoms with van der Waals surface area (Å²) in [5.74, 6) is 1.23. The van der Waals surface area contributed by atoms with Gasteiger partial charge >= 0.3 is 0 Å². The van der Waals surface area contributed by atoms with E-state index in [1.165, 1.54) is 9.13 Å². The van der Waals surface area contributed by atoms with E-state index >= 15 is 0 Å². The molecule has 1 aromatic heterocycles. The summed E-state index contributed by atoms with van der Waals surface area (Å²) in [6, 6.07) is 12.4. The minimum atomic E-state index is 0.0422. The van der Waals surface area contributed by atoms with Crippen LogP contribution in [0.25, 0.3) is 11.4 Å². The molecule has 2 amide bonds. The Kier molecular flexibility index (Phi) is 6.90. The number of benzene rings is 2. The van der Waals surface area contributed by atoms with Crippen LogP contribution >= 0.6 is 34.2 Å². The number of imidazole rings is 1. The van der Waals surface area contributed by atoms with Gasteiger partial charge in [0.25, 0.3) is 5.91 Å². The van der Waals surface area contributed by atoms with Gasteiger partial charge in [0.15, 0.2) is 0 Å². The molecule has 0 unspecified atom stereocenters. The lowest BCUT2D eigenvalue weighted by molar-refractivity contribution is -0.129. The lowest BCUT2D eigenvalue weighted by Gasteiger charge is -2.32. The van der Waals surface area contributed by atoms with E-state index in [1.807, 2.05) is 24.0 Å². The van der Waals surface area contributed by atoms with Crippen molar-refractivity contribution in [2.45, 2.75) is 45.6 Å². The molecule has 0 bridgehead atoms. The molecule has 2 aromatic carbocycles. The number of nitrogens with zero attached hydrogens (tertiary/aromatic N) is 3. The number of piperidine rings is 1. The summed E-state index contributed by atoms with van der Waals surface area (Å²) < 4.78 is 1.24. The standard InChI is InChI=1S/C27H28ClIN4O2/c1-16-13-23(28)22(26-30-24-9-12-33(17(2)34)15-25(24)31-26)14-21(16)27(35)32-10-7-19(8-11-32)18-3-5-20(29)6-4-18/h3-6,13-14,19H,7-12,15H2,1-2H3,(H,30,31). The number of hydrogen-bond donors (Lipinski definition) is 1. The van der Waals surface area contributed by atoms with Crippen molar-refractivity contribution >= 4 is 46.0 Å². The predicted molar refractivity (Wildman–Crippen MR) is 146 cm³/mol. The van der Waals surface area contributed by atoms with Crippen LogP contribution in [-0.2, 0) is 17.8 Å². The van der Waals surface area contributed by atoms with Crippen molar-refractivity contribution in [3.63, 3.8) is 0 Å². The summed E-state index contributed by atoms with van der Waals surface area (Å²) in [7, 11) is 0. The number of fused-ring (bicyclic) bond motifs is 1. The molecule has 0 atom stereocenters. The first-order chi connectivity index (χ1) is 16.8. The van der Waals surface area contributed by atoms with Crippen LogP contribution in [0.4, 0.5) is 0 Å². The smallest absolute Gasteiger partial charge is 0.254 e. The highest BCUT2D eigenvalue weighted by atomic mass is 127. The summed E-state index contributed by atoms with van der Waals surface area (Å²) >= 11 is 8.94. The summed E-state index contributed by atoms with van der Waals surface area (Å²) in [5.41, 5.74) is 5.49. The topological polar surface area (TPSA) is 69.3 Å². The first-order valence-corrected chi connectivity index (χ1v) is 13.4. The van der Waals surface area contributed by atoms with Crippen molar-refractivity contribution in [3.8, 4) is 11.4 Å². The van der Waals surface area contributed by atoms with Crippen LogP contribution in [0, 0.1) is 10.5 Å². The Balaban J connectivity index is 1.35. The maximum atomic E-state index is 13.5. The number of H-pyrrole nitrogens is 1. The average molecular weight is 603 g/mol. The molecule has 2 aliphatic heterocycles. The second kappa shape index (κ2) is 9.93. The Morgan fingerprint density at radius 2 is 1.80 bits per heavy atom. The molecular weight excluding hydrogens is 575 g/mol. The van der Waals surface area contributed by atoms with Gasteiger partial charge in [-0.15, -0.1) is 0 Å². The highest BCUT2D eigenvalue weighted by molar-refractivity contribution is 14.1. The maximum absolute atomic E-state index is 13.5. The van der Waals surface area contributed by atoms with Crippen LogP contribution in [0.3, 0.4) is 0 Å². The van der Waals surface area contributed by atoms with Gasteiger partial charge in [-0.1, -0.05) is 23.7 Å². The van der Waals surface area contributed by atoms with Crippen LogP contribution < -0.4 is 0 Å². The normalized spacial score (nSPS) is 16.3. The molecule has 5 rings (SSSR count). The van der Waals surface area contributed by atoms with Gasteiger partial charge in [-0.3, -0.25) is 9.59 Å². The van der Waals surface area contributed by atoms with Gasteiger partial charge in [0.1, 0.15) is 5.82 Å². The second-order valence-electron chi connectivity index (χ2n) is 9.47. The molecule has 0 aliphatic carbocycles. The van der Waals surface area contributed by atoms with Gasteiger partial charge in [-0.2, -0.15) is 0 Å². The van der Waals surface area contributed by atoms with E-state index in [9.17, 15) is 9.59 Å². The van der Waals surface area contributed by atoms with Crippen LogP contribution in [0.2, 0.25) is 5.02 Å². The van der Waals surface area contributed by atoms with Crippen molar-refractivity contribution in [2.24, 2.45) is 0 Å². The lowest BCUT2D eigenvalue weighted by Crippen LogP contribution is -2.38. The fourth-order valence-corrected chi connectivity index (χ4v) is 5.76. The van der Waals surface area contributed by atoms with Gasteiger partial charge in [0, 0.05) is 47.7 Å². The molecule has 3 aromatic rings. The number of halogens is 2. The number of nitrogens with one attached hydrogen (secondary N) is 1. The first kappa shape index (κ1) is 24.3. The molecule has 182 valence electrons. The number of carbonyl (C=O) groups is 2. The summed E-state index contributed by atoms with van der Waals surface area (Å²) in [6.45, 7) is 6.17. The summed E-state index contributed by atoms with van der Waals surface area (Å²) in [5, 5.41) is 0.561. The molecule has 0 radical (unpaired) electrons. The summed E-state index contributed by atoms with van der Waals surface area (Å²) in [6.07, 6.45) is 2.63.